The van der Waals surface area contributed by atoms with Crippen molar-refractivity contribution in [3.05, 3.63) is 0 Å². The first kappa shape index (κ1) is 4870. The maximum Gasteiger partial charge on any atom is 4.00 e. The van der Waals surface area contributed by atoms with Crippen LogP contribution in [0.5, 0.6) is 0 Å². The third-order valence-corrected chi connectivity index (χ3v) is 0. The average molecular weight is 360 g/mol. The van der Waals surface area contributed by atoms with Crippen molar-refractivity contribution in [3.8, 4) is 0 Å². The van der Waals surface area contributed by atoms with Crippen molar-refractivity contribution in [1.29, 1.82) is 0 Å². The first-order valence-electron chi connectivity index (χ1n) is 0. The van der Waals surface area contributed by atoms with E-state index < -0.39 is 0 Å². The van der Waals surface area contributed by atoms with Gasteiger partial charge in [-0.25, -0.2) is 0 Å². The quantitative estimate of drug-likeness (QED) is 0.385. The molecule has 0 aromatic heterocycles. The number of rotatable bonds is 0. The summed E-state index contributed by atoms with van der Waals surface area (Å²) in [6, 6.07) is 0. The molecule has 1 N–H and O–H groups in total. The molecule has 18 heteroatoms. The molecule has 12 nitrogen and oxygen atoms in total. The molecule has 0 aromatic rings. The van der Waals surface area contributed by atoms with Crippen molar-refractivity contribution in [1.82, 2.24) is 0 Å². The molecule has 0 aliphatic carbocycles. The zero-order valence-electron chi connectivity index (χ0n) is 8.02. The van der Waals surface area contributed by atoms with Gasteiger partial charge in [0.15, 0.2) is 0 Å². The average Bonchev–Trinajstić information content (AvgIpc) is 0. The fourth-order valence-corrected chi connectivity index (χ4v) is 0. The molecule has 0 amide bonds. The van der Waals surface area contributed by atoms with E-state index in [1.165, 1.54) is 0 Å². The summed E-state index contributed by atoms with van der Waals surface area (Å²) in [6.07, 6.45) is 0. The molecule has 0 aliphatic rings. The fraction of sp³-hybridized carbons (Fsp3) is 0. The van der Waals surface area contributed by atoms with E-state index in [1.807, 2.05) is 0 Å². The van der Waals surface area contributed by atoms with Crippen LogP contribution < -0.4 is 0 Å². The van der Waals surface area contributed by atoms with E-state index in [0.717, 1.165) is 0 Å². The van der Waals surface area contributed by atoms with Gasteiger partial charge in [-0.2, -0.15) is 0 Å². The molecule has 18 heavy (non-hydrogen) atoms. The summed E-state index contributed by atoms with van der Waals surface area (Å²) in [4.78, 5) is 0. The van der Waals surface area contributed by atoms with Gasteiger partial charge in [-0.05, 0) is 0 Å². The van der Waals surface area contributed by atoms with Crippen LogP contribution in [0.25, 0.3) is 0 Å². The fourth-order valence-electron chi connectivity index (χ4n) is 0. The molecule has 0 aromatic carbocycles. The van der Waals surface area contributed by atoms with E-state index in [4.69, 9.17) is 0 Å². The first-order chi connectivity index (χ1) is 0. The van der Waals surface area contributed by atoms with Gasteiger partial charge in [0.05, 0.1) is 0 Å². The van der Waals surface area contributed by atoms with Crippen LogP contribution in [-0.4, -0.2) is 77.7 Å². The summed E-state index contributed by atoms with van der Waals surface area (Å²) in [7, 11) is 0. The largest absolute Gasteiger partial charge is 4.00 e. The molecule has 0 atom stereocenters. The van der Waals surface area contributed by atoms with Gasteiger partial charge < -0.3 is 65.7 Å². The second-order valence-corrected chi connectivity index (χ2v) is 0. The van der Waals surface area contributed by atoms with Crippen LogP contribution in [-0.2, 0) is 60.2 Å². The predicted molar refractivity (Wildman–Crippen MR) is 44.0 cm³/mol. The van der Waals surface area contributed by atoms with Gasteiger partial charge in [-0.1, -0.05) is 0 Å². The summed E-state index contributed by atoms with van der Waals surface area (Å²) >= 11 is 0. The van der Waals surface area contributed by atoms with Gasteiger partial charge in [0.25, 0.3) is 0 Å². The maximum absolute atomic E-state index is 0. The van der Waals surface area contributed by atoms with Crippen LogP contribution in [0, 0.1) is 0 Å². The van der Waals surface area contributed by atoms with Gasteiger partial charge in [0.1, 0.15) is 0 Å². The van der Waals surface area contributed by atoms with Gasteiger partial charge in [0.2, 0.25) is 0 Å². The molecule has 0 aliphatic heterocycles. The van der Waals surface area contributed by atoms with Crippen LogP contribution >= 0.6 is 0 Å². The van der Waals surface area contributed by atoms with Crippen molar-refractivity contribution in [3.63, 3.8) is 0 Å². The summed E-state index contributed by atoms with van der Waals surface area (Å²) in [5.74, 6) is 0. The molecule has 0 radical (unpaired) electrons. The molecular formula is HAlO12Si5. The van der Waals surface area contributed by atoms with E-state index in [2.05, 4.69) is 0 Å². The summed E-state index contributed by atoms with van der Waals surface area (Å²) in [5.41, 5.74) is 0. The Labute approximate surface area is 138 Å². The van der Waals surface area contributed by atoms with Crippen molar-refractivity contribution in [2.24, 2.45) is 0 Å². The monoisotopic (exact) mass is 360 g/mol. The van der Waals surface area contributed by atoms with Gasteiger partial charge in [-0.3, -0.25) is 0 Å². The van der Waals surface area contributed by atoms with E-state index in [0.29, 0.717) is 0 Å². The minimum absolute atomic E-state index is 0. The first-order valence-corrected chi connectivity index (χ1v) is 0. The Kier molecular flexibility index (Phi) is 1120000. The Balaban J connectivity index is 0. The predicted octanol–water partition coefficient (Wildman–Crippen LogP) is -3.77. The SMILES string of the molecule is [Al+3].[O-2].[O-2].[O-2].[O-2].[O-2].[O-2].[O-2].[O-2].[O-2].[O-2].[O-2].[OH-].[Si+4].[Si+4].[Si+4].[Si+4].[Si+4]. The molecular weight excluding hydrogens is 359 g/mol. The Morgan fingerprint density at radius 2 is 0.222 bits per heavy atom. The van der Waals surface area contributed by atoms with Gasteiger partial charge >= 0.3 is 72.2 Å². The van der Waals surface area contributed by atoms with Crippen LogP contribution in [0.4, 0.5) is 0 Å². The van der Waals surface area contributed by atoms with Crippen molar-refractivity contribution >= 4 is 72.2 Å². The molecule has 96 valence electrons. The summed E-state index contributed by atoms with van der Waals surface area (Å²) in [6.45, 7) is 0. The summed E-state index contributed by atoms with van der Waals surface area (Å²) in [5, 5.41) is 0. The zero-order chi connectivity index (χ0) is 0. The van der Waals surface area contributed by atoms with Crippen molar-refractivity contribution in [2.45, 2.75) is 0 Å². The van der Waals surface area contributed by atoms with E-state index in [9.17, 15) is 0 Å². The molecule has 0 heterocycles. The van der Waals surface area contributed by atoms with Crippen LogP contribution in [0.3, 0.4) is 0 Å². The van der Waals surface area contributed by atoms with Crippen molar-refractivity contribution < 1.29 is 65.7 Å². The summed E-state index contributed by atoms with van der Waals surface area (Å²) < 4.78 is 0. The minimum atomic E-state index is 0. The number of hydrogen-bond donors (Lipinski definition) is 0. The van der Waals surface area contributed by atoms with E-state index in [-0.39, 0.29) is 138 Å². The molecule has 0 spiro atoms. The molecule has 0 saturated carbocycles. The Bertz CT molecular complexity index is 20.4. The third kappa shape index (κ3) is 3450. The molecule has 0 bridgehead atoms. The minimum Gasteiger partial charge on any atom is -2.00 e. The standard InChI is InChI=1S/Al.H2O.11O.5Si/h;1H2;;;;;;;;;;;;;;;;/q+3;;11*-2;5*+4/p-1. The molecule has 0 rings (SSSR count). The van der Waals surface area contributed by atoms with Crippen LogP contribution in [0.2, 0.25) is 0 Å². The second kappa shape index (κ2) is 4120. The Morgan fingerprint density at radius 3 is 0.222 bits per heavy atom. The van der Waals surface area contributed by atoms with E-state index >= 15 is 0 Å². The molecule has 0 fully saturated rings. The maximum atomic E-state index is 0. The van der Waals surface area contributed by atoms with Gasteiger partial charge in [0, 0.05) is 0 Å². The molecule has 0 unspecified atom stereocenters. The molecule has 0 saturated heterocycles. The van der Waals surface area contributed by atoms with Crippen LogP contribution in [0.15, 0.2) is 0 Å². The zero-order valence-corrected chi connectivity index (χ0v) is 14.2. The second-order valence-electron chi connectivity index (χ2n) is 0. The van der Waals surface area contributed by atoms with E-state index in [1.54, 1.807) is 0 Å². The topological polar surface area (TPSA) is 344 Å². The number of hydrogen-bond acceptors (Lipinski definition) is 1. The Morgan fingerprint density at radius 1 is 0.222 bits per heavy atom. The van der Waals surface area contributed by atoms with Crippen LogP contribution in [0.1, 0.15) is 0 Å². The van der Waals surface area contributed by atoms with Crippen molar-refractivity contribution in [2.75, 3.05) is 0 Å². The van der Waals surface area contributed by atoms with Gasteiger partial charge in [-0.15, -0.1) is 0 Å². The smallest absolute Gasteiger partial charge is 2.00 e. The Hall–Kier alpha value is 1.14. The normalized spacial score (nSPS) is 0. The third-order valence-electron chi connectivity index (χ3n) is 0.